The Morgan fingerprint density at radius 3 is 1.59 bits per heavy atom. The highest BCUT2D eigenvalue weighted by Gasteiger charge is 2.31. The second-order valence-corrected chi connectivity index (χ2v) is 30.6. The van der Waals surface area contributed by atoms with Gasteiger partial charge in [-0.15, -0.1) is 45.3 Å². The van der Waals surface area contributed by atoms with Crippen LogP contribution in [-0.2, 0) is 52.0 Å². The molecule has 0 saturated heterocycles. The predicted octanol–water partition coefficient (Wildman–Crippen LogP) is 17.3. The summed E-state index contributed by atoms with van der Waals surface area (Å²) < 4.78 is 9.44. The minimum absolute atomic E-state index is 0.477. The number of aromatic nitrogens is 6. The van der Waals surface area contributed by atoms with E-state index < -0.39 is 6.10 Å². The van der Waals surface area contributed by atoms with Gasteiger partial charge in [-0.2, -0.15) is 0 Å². The third-order valence-corrected chi connectivity index (χ3v) is 23.0. The first kappa shape index (κ1) is 64.3. The van der Waals surface area contributed by atoms with Crippen molar-refractivity contribution in [1.82, 2.24) is 47.8 Å². The number of likely N-dealkylation sites (N-methyl/N-ethyl adjacent to an activating group) is 4. The van der Waals surface area contributed by atoms with E-state index in [1.54, 1.807) is 0 Å². The van der Waals surface area contributed by atoms with Gasteiger partial charge in [-0.25, -0.2) is 0 Å². The van der Waals surface area contributed by atoms with Crippen LogP contribution in [0.25, 0.3) is 65.4 Å². The summed E-state index contributed by atoms with van der Waals surface area (Å²) in [5.74, 6) is 3.80. The molecule has 16 rings (SSSR count). The molecule has 2 atom stereocenters. The first-order chi connectivity index (χ1) is 45.2. The Morgan fingerprint density at radius 2 is 1.05 bits per heavy atom. The molecule has 93 heavy (non-hydrogen) atoms. The number of aryl methyl sites for hydroxylation is 5. The van der Waals surface area contributed by atoms with Gasteiger partial charge in [-0.3, -0.25) is 24.3 Å². The van der Waals surface area contributed by atoms with Crippen LogP contribution in [0.3, 0.4) is 0 Å². The normalized spacial score (nSPS) is 16.4. The van der Waals surface area contributed by atoms with E-state index in [1.807, 2.05) is 113 Å². The van der Waals surface area contributed by atoms with E-state index in [2.05, 4.69) is 215 Å². The van der Waals surface area contributed by atoms with Crippen LogP contribution in [0, 0.1) is 46.6 Å². The maximum absolute atomic E-state index is 10.9. The molecule has 10 aromatic heterocycles. The molecular weight excluding hydrogens is 1220 g/mol. The third-order valence-electron chi connectivity index (χ3n) is 18.8. The van der Waals surface area contributed by atoms with Crippen LogP contribution in [0.15, 0.2) is 128 Å². The summed E-state index contributed by atoms with van der Waals surface area (Å²) >= 11 is 7.49. The quantitative estimate of drug-likeness (QED) is 0.144. The van der Waals surface area contributed by atoms with Crippen molar-refractivity contribution < 1.29 is 5.11 Å². The zero-order valence-electron chi connectivity index (χ0n) is 55.5. The SMILES string of the molecule is CCN1CCc2c(c3cc(C)sc3n2/C=C/c2cccnc2)C1.CCN1CCc2c(c3cc(C)sc3n2/C=C\c2cccnc2)C1.Cc1cc2c3c(n(C#Cc4ccccc4)c2s1)CCN(C)C3.Cc1ccc(C(O)Cn2c3c(c4cc(C)sc42)CN(C)CC3C)cc1. The van der Waals surface area contributed by atoms with Crippen molar-refractivity contribution >= 4 is 111 Å². The molecular formula is C78H86N10OS4. The van der Waals surface area contributed by atoms with Crippen molar-refractivity contribution in [2.75, 3.05) is 53.4 Å². The molecule has 4 aliphatic heterocycles. The van der Waals surface area contributed by atoms with Gasteiger partial charge in [0.15, 0.2) is 0 Å². The van der Waals surface area contributed by atoms with E-state index in [9.17, 15) is 5.11 Å². The molecule has 0 saturated carbocycles. The van der Waals surface area contributed by atoms with Gasteiger partial charge in [0.2, 0.25) is 0 Å². The first-order valence-corrected chi connectivity index (χ1v) is 36.2. The number of nitrogens with zero attached hydrogens (tertiary/aromatic N) is 10. The van der Waals surface area contributed by atoms with Crippen molar-refractivity contribution in [2.24, 2.45) is 0 Å². The fraction of sp³-hybridized carbons (Fsp3) is 0.333. The number of benzene rings is 2. The molecule has 0 spiro atoms. The van der Waals surface area contributed by atoms with Crippen LogP contribution in [-0.4, -0.2) is 106 Å². The van der Waals surface area contributed by atoms with E-state index in [0.29, 0.717) is 12.5 Å². The van der Waals surface area contributed by atoms with Gasteiger partial charge in [0.1, 0.15) is 19.3 Å². The molecule has 14 heterocycles. The smallest absolute Gasteiger partial charge is 0.115 e. The lowest BCUT2D eigenvalue weighted by Crippen LogP contribution is -2.30. The van der Waals surface area contributed by atoms with Gasteiger partial charge in [0, 0.05) is 190 Å². The van der Waals surface area contributed by atoms with E-state index in [0.717, 1.165) is 107 Å². The predicted molar refractivity (Wildman–Crippen MR) is 396 cm³/mol. The van der Waals surface area contributed by atoms with Crippen LogP contribution in [0.1, 0.15) is 125 Å². The van der Waals surface area contributed by atoms with Gasteiger partial charge < -0.3 is 28.6 Å². The summed E-state index contributed by atoms with van der Waals surface area (Å²) in [7, 11) is 4.39. The lowest BCUT2D eigenvalue weighted by atomic mass is 9.97. The third kappa shape index (κ3) is 13.8. The molecule has 1 N–H and O–H groups in total. The van der Waals surface area contributed by atoms with Crippen LogP contribution in [0.4, 0.5) is 0 Å². The van der Waals surface area contributed by atoms with E-state index in [4.69, 9.17) is 0 Å². The Balaban J connectivity index is 0.000000113. The Morgan fingerprint density at radius 1 is 0.559 bits per heavy atom. The summed E-state index contributed by atoms with van der Waals surface area (Å²) in [6.07, 6.45) is 19.1. The van der Waals surface area contributed by atoms with E-state index in [1.165, 1.54) is 111 Å². The molecule has 11 nitrogen and oxygen atoms in total. The highest BCUT2D eigenvalue weighted by atomic mass is 32.1. The Kier molecular flexibility index (Phi) is 19.5. The standard InChI is InChI=1S/C21H26N2OS.2C19H21N3S.C19H18N2S/c1-13-5-7-16(8-6-13)19(24)12-23-20-14(2)10-22(4)11-18(20)17-9-15(3)25-21(17)23;2*1-3-21-9-7-18-17(13-21)16-11-14(2)23-19(16)22(18)10-6-15-5-4-8-20-12-15;1-14-12-16-17-13-20(2)10-9-18(17)21(19(16)22-14)11-8-15-6-4-3-5-7-15/h5-9,14,19,24H,10-12H2,1-4H3;2*4-6,8,10-12H,3,7,9,13H2,1-2H3;3-7,12H,9-10,13H2,1-2H3/b;10-6+;10-6-;. The summed E-state index contributed by atoms with van der Waals surface area (Å²) in [6, 6.07) is 39.4. The van der Waals surface area contributed by atoms with Gasteiger partial charge in [0.25, 0.3) is 0 Å². The van der Waals surface area contributed by atoms with E-state index >= 15 is 0 Å². The summed E-state index contributed by atoms with van der Waals surface area (Å²) in [5, 5.41) is 16.5. The molecule has 12 aromatic rings. The second kappa shape index (κ2) is 28.2. The van der Waals surface area contributed by atoms with Crippen molar-refractivity contribution in [3.8, 4) is 12.0 Å². The lowest BCUT2D eigenvalue weighted by Gasteiger charge is -2.30. The topological polar surface area (TPSA) is 78.7 Å². The number of thiophene rings is 4. The fourth-order valence-electron chi connectivity index (χ4n) is 14.1. The van der Waals surface area contributed by atoms with Crippen LogP contribution >= 0.6 is 45.3 Å². The number of aliphatic hydroxyl groups is 1. The molecule has 4 aliphatic rings. The molecule has 0 bridgehead atoms. The molecule has 2 aromatic carbocycles. The zero-order chi connectivity index (χ0) is 64.4. The summed E-state index contributed by atoms with van der Waals surface area (Å²) in [4.78, 5) is 29.1. The maximum Gasteiger partial charge on any atom is 0.115 e. The number of pyridine rings is 2. The van der Waals surface area contributed by atoms with Gasteiger partial charge >= 0.3 is 0 Å². The second-order valence-electron chi connectivity index (χ2n) is 25.7. The van der Waals surface area contributed by atoms with E-state index in [-0.39, 0.29) is 0 Å². The van der Waals surface area contributed by atoms with Gasteiger partial charge in [0.05, 0.1) is 12.6 Å². The molecule has 0 aliphatic carbocycles. The van der Waals surface area contributed by atoms with Crippen molar-refractivity contribution in [2.45, 2.75) is 119 Å². The highest BCUT2D eigenvalue weighted by Crippen LogP contribution is 2.42. The number of hydrogen-bond donors (Lipinski definition) is 1. The average molecular weight is 1310 g/mol. The number of hydrogen-bond acceptors (Lipinski definition) is 11. The van der Waals surface area contributed by atoms with Crippen molar-refractivity contribution in [3.05, 3.63) is 220 Å². The van der Waals surface area contributed by atoms with Crippen molar-refractivity contribution in [1.29, 1.82) is 0 Å². The van der Waals surface area contributed by atoms with Crippen LogP contribution in [0.5, 0.6) is 0 Å². The molecule has 478 valence electrons. The zero-order valence-corrected chi connectivity index (χ0v) is 58.8. The van der Waals surface area contributed by atoms with Crippen molar-refractivity contribution in [3.63, 3.8) is 0 Å². The number of fused-ring (bicyclic) bond motifs is 12. The average Bonchev–Trinajstić information content (AvgIpc) is 1.64. The monoisotopic (exact) mass is 1310 g/mol. The first-order valence-electron chi connectivity index (χ1n) is 33.0. The van der Waals surface area contributed by atoms with Crippen LogP contribution in [0.2, 0.25) is 0 Å². The molecule has 0 radical (unpaired) electrons. The highest BCUT2D eigenvalue weighted by molar-refractivity contribution is 7.19. The summed E-state index contributed by atoms with van der Waals surface area (Å²) in [6.45, 7) is 29.2. The van der Waals surface area contributed by atoms with Gasteiger partial charge in [-0.1, -0.05) is 80.9 Å². The minimum Gasteiger partial charge on any atom is -0.387 e. The Hall–Kier alpha value is -7.46. The van der Waals surface area contributed by atoms with Gasteiger partial charge in [-0.05, 0) is 167 Å². The number of rotatable bonds is 9. The molecule has 0 amide bonds. The largest absolute Gasteiger partial charge is 0.387 e. The lowest BCUT2D eigenvalue weighted by molar-refractivity contribution is 0.155. The fourth-order valence-corrected chi connectivity index (χ4v) is 18.3. The van der Waals surface area contributed by atoms with Crippen LogP contribution < -0.4 is 0 Å². The minimum atomic E-state index is -0.477. The number of aliphatic hydroxyl groups excluding tert-OH is 1. The molecule has 0 fully saturated rings. The Labute approximate surface area is 564 Å². The Bertz CT molecular complexity index is 4560. The maximum atomic E-state index is 10.9. The molecule has 15 heteroatoms. The summed E-state index contributed by atoms with van der Waals surface area (Å²) in [5.41, 5.74) is 17.3. The molecule has 2 unspecified atom stereocenters.